The predicted octanol–water partition coefficient (Wildman–Crippen LogP) is 3.00. The maximum atomic E-state index is 13.8. The van der Waals surface area contributed by atoms with Crippen LogP contribution in [0.4, 0.5) is 4.39 Å². The van der Waals surface area contributed by atoms with Crippen LogP contribution < -0.4 is 5.32 Å². The minimum atomic E-state index is -0.0629. The number of thioether (sulfide) groups is 2. The van der Waals surface area contributed by atoms with Gasteiger partial charge in [0.2, 0.25) is 0 Å². The van der Waals surface area contributed by atoms with Crippen molar-refractivity contribution < 1.29 is 4.39 Å². The topological polar surface area (TPSA) is 15.3 Å². The smallest absolute Gasteiger partial charge is 0.137 e. The molecule has 20 heavy (non-hydrogen) atoms. The first-order valence-electron chi connectivity index (χ1n) is 7.29. The molecule has 3 rings (SSSR count). The van der Waals surface area contributed by atoms with Gasteiger partial charge in [0.15, 0.2) is 0 Å². The number of rotatable bonds is 4. The summed E-state index contributed by atoms with van der Waals surface area (Å²) in [6.45, 7) is 4.51. The highest BCUT2D eigenvalue weighted by atomic mass is 32.2. The van der Waals surface area contributed by atoms with Crippen LogP contribution in [0, 0.1) is 5.82 Å². The highest BCUT2D eigenvalue weighted by Gasteiger charge is 2.22. The lowest BCUT2D eigenvalue weighted by molar-refractivity contribution is 0.294. The summed E-state index contributed by atoms with van der Waals surface area (Å²) in [6, 6.07) is 5.79. The highest BCUT2D eigenvalue weighted by Crippen LogP contribution is 2.37. The summed E-state index contributed by atoms with van der Waals surface area (Å²) in [5.74, 6) is 3.46. The second-order valence-corrected chi connectivity index (χ2v) is 7.59. The number of nitrogens with zero attached hydrogens (tertiary/aromatic N) is 1. The minimum Gasteiger partial charge on any atom is -0.309 e. The Hall–Kier alpha value is -0.230. The molecule has 1 aromatic rings. The van der Waals surface area contributed by atoms with Gasteiger partial charge in [-0.15, -0.1) is 11.8 Å². The van der Waals surface area contributed by atoms with Gasteiger partial charge in [-0.2, -0.15) is 11.8 Å². The maximum Gasteiger partial charge on any atom is 0.137 e. The van der Waals surface area contributed by atoms with Gasteiger partial charge in [-0.05, 0) is 23.8 Å². The van der Waals surface area contributed by atoms with E-state index in [0.717, 1.165) is 35.7 Å². The highest BCUT2D eigenvalue weighted by molar-refractivity contribution is 7.99. The number of halogens is 1. The first kappa shape index (κ1) is 14.7. The van der Waals surface area contributed by atoms with Gasteiger partial charge in [0, 0.05) is 48.6 Å². The van der Waals surface area contributed by atoms with Crippen LogP contribution in [0.25, 0.3) is 0 Å². The van der Waals surface area contributed by atoms with Crippen LogP contribution in [0.5, 0.6) is 0 Å². The third-order valence-corrected chi connectivity index (χ3v) is 6.05. The second kappa shape index (κ2) is 7.16. The van der Waals surface area contributed by atoms with E-state index in [1.54, 1.807) is 17.8 Å². The number of nitrogens with one attached hydrogen (secondary N) is 1. The van der Waals surface area contributed by atoms with Crippen molar-refractivity contribution in [3.8, 4) is 0 Å². The lowest BCUT2D eigenvalue weighted by atomic mass is 10.0. The summed E-state index contributed by atoms with van der Waals surface area (Å²) < 4.78 is 13.8. The number of fused-ring (bicyclic) bond motifs is 1. The van der Waals surface area contributed by atoms with Crippen molar-refractivity contribution in [1.29, 1.82) is 0 Å². The van der Waals surface area contributed by atoms with Gasteiger partial charge in [0.05, 0.1) is 0 Å². The maximum absolute atomic E-state index is 13.8. The van der Waals surface area contributed by atoms with Gasteiger partial charge >= 0.3 is 0 Å². The average molecular weight is 312 g/mol. The molecule has 2 aliphatic rings. The molecular weight excluding hydrogens is 291 g/mol. The normalized spacial score (nSPS) is 23.6. The Morgan fingerprint density at radius 1 is 1.25 bits per heavy atom. The van der Waals surface area contributed by atoms with Crippen LogP contribution >= 0.6 is 23.5 Å². The van der Waals surface area contributed by atoms with E-state index >= 15 is 0 Å². The number of benzene rings is 1. The Bertz CT molecular complexity index is 449. The summed E-state index contributed by atoms with van der Waals surface area (Å²) >= 11 is 3.70. The van der Waals surface area contributed by atoms with Crippen molar-refractivity contribution in [1.82, 2.24) is 10.2 Å². The standard InChI is InChI=1S/C15H21FN2S2/c16-13-3-1-2-12-14(4-9-20-15(12)13)17-5-6-18-7-10-19-11-8-18/h1-3,14,17H,4-11H2. The van der Waals surface area contributed by atoms with Crippen LogP contribution in [0.2, 0.25) is 0 Å². The first-order valence-corrected chi connectivity index (χ1v) is 9.43. The second-order valence-electron chi connectivity index (χ2n) is 5.26. The van der Waals surface area contributed by atoms with Gasteiger partial charge in [-0.3, -0.25) is 0 Å². The summed E-state index contributed by atoms with van der Waals surface area (Å²) in [5.41, 5.74) is 1.15. The Balaban J connectivity index is 1.55. The van der Waals surface area contributed by atoms with Gasteiger partial charge in [0.25, 0.3) is 0 Å². The van der Waals surface area contributed by atoms with Crippen LogP contribution in [-0.2, 0) is 0 Å². The molecular formula is C15H21FN2S2. The monoisotopic (exact) mass is 312 g/mol. The summed E-state index contributed by atoms with van der Waals surface area (Å²) in [5, 5.41) is 3.62. The quantitative estimate of drug-likeness (QED) is 0.919. The molecule has 1 aromatic carbocycles. The molecule has 2 heterocycles. The van der Waals surface area contributed by atoms with Crippen LogP contribution in [0.1, 0.15) is 18.0 Å². The first-order chi connectivity index (χ1) is 9.84. The molecule has 110 valence electrons. The molecule has 1 atom stereocenters. The Kier molecular flexibility index (Phi) is 5.26. The fourth-order valence-electron chi connectivity index (χ4n) is 2.82. The number of hydrogen-bond donors (Lipinski definition) is 1. The third kappa shape index (κ3) is 3.50. The molecule has 0 radical (unpaired) electrons. The zero-order chi connectivity index (χ0) is 13.8. The Morgan fingerprint density at radius 2 is 2.10 bits per heavy atom. The van der Waals surface area contributed by atoms with Crippen molar-refractivity contribution >= 4 is 23.5 Å². The largest absolute Gasteiger partial charge is 0.309 e. The number of hydrogen-bond acceptors (Lipinski definition) is 4. The summed E-state index contributed by atoms with van der Waals surface area (Å²) in [7, 11) is 0. The molecule has 0 aliphatic carbocycles. The Labute approximate surface area is 128 Å². The van der Waals surface area contributed by atoms with Gasteiger partial charge in [-0.25, -0.2) is 4.39 Å². The molecule has 2 nitrogen and oxygen atoms in total. The van der Waals surface area contributed by atoms with Gasteiger partial charge in [0.1, 0.15) is 5.82 Å². The molecule has 0 aromatic heterocycles. The lowest BCUT2D eigenvalue weighted by Gasteiger charge is -2.29. The van der Waals surface area contributed by atoms with E-state index in [1.807, 2.05) is 17.8 Å². The van der Waals surface area contributed by atoms with Crippen LogP contribution in [0.3, 0.4) is 0 Å². The SMILES string of the molecule is Fc1cccc2c1SCCC2NCCN1CCSCC1. The van der Waals surface area contributed by atoms with Crippen LogP contribution in [-0.4, -0.2) is 48.3 Å². The van der Waals surface area contributed by atoms with Crippen molar-refractivity contribution in [2.45, 2.75) is 17.4 Å². The summed E-state index contributed by atoms with van der Waals surface area (Å²) in [6.07, 6.45) is 1.09. The molecule has 5 heteroatoms. The molecule has 1 N–H and O–H groups in total. The molecule has 0 amide bonds. The van der Waals surface area contributed by atoms with Crippen molar-refractivity contribution in [2.24, 2.45) is 0 Å². The van der Waals surface area contributed by atoms with Crippen molar-refractivity contribution in [2.75, 3.05) is 43.4 Å². The van der Waals surface area contributed by atoms with E-state index < -0.39 is 0 Å². The van der Waals surface area contributed by atoms with Crippen molar-refractivity contribution in [3.63, 3.8) is 0 Å². The summed E-state index contributed by atoms with van der Waals surface area (Å²) in [4.78, 5) is 3.37. The lowest BCUT2D eigenvalue weighted by Crippen LogP contribution is -2.39. The molecule has 1 saturated heterocycles. The molecule has 0 spiro atoms. The van der Waals surface area contributed by atoms with E-state index in [9.17, 15) is 4.39 Å². The fourth-order valence-corrected chi connectivity index (χ4v) is 4.94. The van der Waals surface area contributed by atoms with Gasteiger partial charge in [-0.1, -0.05) is 12.1 Å². The van der Waals surface area contributed by atoms with Crippen molar-refractivity contribution in [3.05, 3.63) is 29.6 Å². The van der Waals surface area contributed by atoms with E-state index in [1.165, 1.54) is 24.6 Å². The molecule has 1 unspecified atom stereocenters. The average Bonchev–Trinajstić information content (AvgIpc) is 2.49. The van der Waals surface area contributed by atoms with Gasteiger partial charge < -0.3 is 10.2 Å². The molecule has 2 aliphatic heterocycles. The fraction of sp³-hybridized carbons (Fsp3) is 0.600. The van der Waals surface area contributed by atoms with E-state index in [4.69, 9.17) is 0 Å². The minimum absolute atomic E-state index is 0.0629. The van der Waals surface area contributed by atoms with E-state index in [2.05, 4.69) is 16.3 Å². The zero-order valence-corrected chi connectivity index (χ0v) is 13.2. The van der Waals surface area contributed by atoms with E-state index in [0.29, 0.717) is 6.04 Å². The van der Waals surface area contributed by atoms with Crippen LogP contribution in [0.15, 0.2) is 23.1 Å². The van der Waals surface area contributed by atoms with E-state index in [-0.39, 0.29) is 5.82 Å². The molecule has 0 saturated carbocycles. The molecule has 1 fully saturated rings. The predicted molar refractivity (Wildman–Crippen MR) is 86.2 cm³/mol. The third-order valence-electron chi connectivity index (χ3n) is 3.95. The Morgan fingerprint density at radius 3 is 2.95 bits per heavy atom. The zero-order valence-electron chi connectivity index (χ0n) is 11.6. The molecule has 0 bridgehead atoms.